The maximum Gasteiger partial charge on any atom is 0.229 e. The Morgan fingerprint density at radius 3 is 2.47 bits per heavy atom. The Hall–Kier alpha value is -1.51. The van der Waals surface area contributed by atoms with Crippen molar-refractivity contribution in [3.05, 3.63) is 29.8 Å². The molecule has 0 bridgehead atoms. The Morgan fingerprint density at radius 2 is 2.00 bits per heavy atom. The minimum atomic E-state index is 0.0425. The lowest BCUT2D eigenvalue weighted by Crippen LogP contribution is -2.21. The van der Waals surface area contributed by atoms with Crippen molar-refractivity contribution >= 4 is 5.91 Å². The van der Waals surface area contributed by atoms with Crippen molar-refractivity contribution in [1.82, 2.24) is 4.90 Å². The minimum absolute atomic E-state index is 0.0425. The molecule has 3 nitrogen and oxygen atoms in total. The molecule has 1 aromatic rings. The van der Waals surface area contributed by atoms with Crippen molar-refractivity contribution in [3.8, 4) is 5.75 Å². The quantitative estimate of drug-likeness (QED) is 0.734. The largest absolute Gasteiger partial charge is 0.497 e. The molecule has 0 radical (unpaired) electrons. The first kappa shape index (κ1) is 10.0. The number of carbonyl (C=O) groups is 1. The molecule has 0 aromatic heterocycles. The molecule has 1 unspecified atom stereocenters. The highest BCUT2D eigenvalue weighted by Crippen LogP contribution is 2.28. The second-order valence-corrected chi connectivity index (χ2v) is 3.87. The van der Waals surface area contributed by atoms with Gasteiger partial charge in [-0.1, -0.05) is 12.1 Å². The van der Waals surface area contributed by atoms with Gasteiger partial charge in [0.2, 0.25) is 5.91 Å². The van der Waals surface area contributed by atoms with Gasteiger partial charge in [-0.3, -0.25) is 4.79 Å². The van der Waals surface area contributed by atoms with Crippen LogP contribution in [0.3, 0.4) is 0 Å². The summed E-state index contributed by atoms with van der Waals surface area (Å²) in [7, 11) is 3.50. The maximum atomic E-state index is 11.8. The number of likely N-dealkylation sites (tertiary alicyclic amines) is 1. The van der Waals surface area contributed by atoms with E-state index in [1.165, 1.54) is 0 Å². The molecule has 1 heterocycles. The predicted octanol–water partition coefficient (Wildman–Crippen LogP) is 1.64. The molecule has 2 rings (SSSR count). The molecule has 1 aliphatic rings. The first-order valence-corrected chi connectivity index (χ1v) is 5.11. The summed E-state index contributed by atoms with van der Waals surface area (Å²) in [5, 5.41) is 0. The van der Waals surface area contributed by atoms with Crippen molar-refractivity contribution in [3.63, 3.8) is 0 Å². The molecule has 0 aliphatic carbocycles. The molecule has 0 spiro atoms. The summed E-state index contributed by atoms with van der Waals surface area (Å²) < 4.78 is 5.08. The molecule has 1 atom stereocenters. The number of carbonyl (C=O) groups excluding carboxylic acids is 1. The number of rotatable bonds is 2. The van der Waals surface area contributed by atoms with Crippen molar-refractivity contribution in [1.29, 1.82) is 0 Å². The van der Waals surface area contributed by atoms with Crippen molar-refractivity contribution in [2.75, 3.05) is 20.7 Å². The molecule has 1 fully saturated rings. The number of hydrogen-bond acceptors (Lipinski definition) is 2. The third-order valence-corrected chi connectivity index (χ3v) is 2.95. The highest BCUT2D eigenvalue weighted by atomic mass is 16.5. The molecular formula is C12H15NO2. The first-order chi connectivity index (χ1) is 7.22. The van der Waals surface area contributed by atoms with Gasteiger partial charge in [-0.15, -0.1) is 0 Å². The van der Waals surface area contributed by atoms with E-state index in [-0.39, 0.29) is 11.8 Å². The van der Waals surface area contributed by atoms with Crippen LogP contribution in [0.15, 0.2) is 24.3 Å². The SMILES string of the molecule is COc1ccc(C2CCN(C)C2=O)cc1. The average molecular weight is 205 g/mol. The fourth-order valence-corrected chi connectivity index (χ4v) is 1.97. The van der Waals surface area contributed by atoms with E-state index in [4.69, 9.17) is 4.74 Å². The van der Waals surface area contributed by atoms with Gasteiger partial charge in [0.15, 0.2) is 0 Å². The predicted molar refractivity (Wildman–Crippen MR) is 58.0 cm³/mol. The fourth-order valence-electron chi connectivity index (χ4n) is 1.97. The van der Waals surface area contributed by atoms with Gasteiger partial charge >= 0.3 is 0 Å². The van der Waals surface area contributed by atoms with Gasteiger partial charge in [-0.2, -0.15) is 0 Å². The van der Waals surface area contributed by atoms with Crippen LogP contribution < -0.4 is 4.74 Å². The lowest BCUT2D eigenvalue weighted by atomic mass is 9.98. The number of benzene rings is 1. The van der Waals surface area contributed by atoms with Crippen LogP contribution in [0.2, 0.25) is 0 Å². The Labute approximate surface area is 89.7 Å². The lowest BCUT2D eigenvalue weighted by molar-refractivity contribution is -0.127. The van der Waals surface area contributed by atoms with Crippen LogP contribution in [-0.2, 0) is 4.79 Å². The number of likely N-dealkylation sites (N-methyl/N-ethyl adjacent to an activating group) is 1. The zero-order valence-corrected chi connectivity index (χ0v) is 9.06. The van der Waals surface area contributed by atoms with Crippen molar-refractivity contribution in [2.45, 2.75) is 12.3 Å². The Kier molecular flexibility index (Phi) is 2.62. The van der Waals surface area contributed by atoms with Gasteiger partial charge in [0, 0.05) is 13.6 Å². The molecule has 80 valence electrons. The van der Waals surface area contributed by atoms with E-state index in [1.807, 2.05) is 31.3 Å². The van der Waals surface area contributed by atoms with Crippen molar-refractivity contribution in [2.24, 2.45) is 0 Å². The number of ether oxygens (including phenoxy) is 1. The Morgan fingerprint density at radius 1 is 1.33 bits per heavy atom. The second kappa shape index (κ2) is 3.93. The zero-order chi connectivity index (χ0) is 10.8. The molecule has 0 saturated carbocycles. The van der Waals surface area contributed by atoms with Crippen LogP contribution in [0.1, 0.15) is 17.9 Å². The number of methoxy groups -OCH3 is 1. The third-order valence-electron chi connectivity index (χ3n) is 2.95. The summed E-state index contributed by atoms with van der Waals surface area (Å²) in [5.41, 5.74) is 1.09. The van der Waals surface area contributed by atoms with Gasteiger partial charge < -0.3 is 9.64 Å². The molecule has 15 heavy (non-hydrogen) atoms. The van der Waals surface area contributed by atoms with Gasteiger partial charge in [-0.05, 0) is 24.1 Å². The summed E-state index contributed by atoms with van der Waals surface area (Å²) in [4.78, 5) is 13.5. The molecule has 1 aliphatic heterocycles. The average Bonchev–Trinajstić information content (AvgIpc) is 2.60. The summed E-state index contributed by atoms with van der Waals surface area (Å²) >= 11 is 0. The van der Waals surface area contributed by atoms with E-state index in [2.05, 4.69) is 0 Å². The fraction of sp³-hybridized carbons (Fsp3) is 0.417. The standard InChI is InChI=1S/C12H15NO2/c1-13-8-7-11(12(13)14)9-3-5-10(15-2)6-4-9/h3-6,11H,7-8H2,1-2H3. The van der Waals surface area contributed by atoms with E-state index in [0.717, 1.165) is 24.3 Å². The molecule has 3 heteroatoms. The van der Waals surface area contributed by atoms with Gasteiger partial charge in [0.25, 0.3) is 0 Å². The van der Waals surface area contributed by atoms with Gasteiger partial charge in [0.05, 0.1) is 13.0 Å². The maximum absolute atomic E-state index is 11.8. The molecule has 1 aromatic carbocycles. The number of hydrogen-bond donors (Lipinski definition) is 0. The van der Waals surface area contributed by atoms with Crippen LogP contribution in [-0.4, -0.2) is 31.5 Å². The van der Waals surface area contributed by atoms with Crippen LogP contribution in [0.4, 0.5) is 0 Å². The summed E-state index contributed by atoms with van der Waals surface area (Å²) in [6, 6.07) is 7.75. The van der Waals surface area contributed by atoms with E-state index in [1.54, 1.807) is 12.0 Å². The Bertz CT molecular complexity index is 358. The summed E-state index contributed by atoms with van der Waals surface area (Å²) in [6.45, 7) is 0.857. The molecule has 1 saturated heterocycles. The Balaban J connectivity index is 2.19. The smallest absolute Gasteiger partial charge is 0.229 e. The monoisotopic (exact) mass is 205 g/mol. The summed E-state index contributed by atoms with van der Waals surface area (Å²) in [6.07, 6.45) is 0.918. The van der Waals surface area contributed by atoms with Crippen LogP contribution >= 0.6 is 0 Å². The van der Waals surface area contributed by atoms with E-state index in [0.29, 0.717) is 0 Å². The summed E-state index contributed by atoms with van der Waals surface area (Å²) in [5.74, 6) is 1.10. The lowest BCUT2D eigenvalue weighted by Gasteiger charge is -2.10. The highest BCUT2D eigenvalue weighted by Gasteiger charge is 2.29. The first-order valence-electron chi connectivity index (χ1n) is 5.11. The topological polar surface area (TPSA) is 29.5 Å². The van der Waals surface area contributed by atoms with E-state index >= 15 is 0 Å². The molecular weight excluding hydrogens is 190 g/mol. The van der Waals surface area contributed by atoms with Crippen LogP contribution in [0.5, 0.6) is 5.75 Å². The van der Waals surface area contributed by atoms with E-state index < -0.39 is 0 Å². The van der Waals surface area contributed by atoms with E-state index in [9.17, 15) is 4.79 Å². The zero-order valence-electron chi connectivity index (χ0n) is 9.06. The number of nitrogens with zero attached hydrogens (tertiary/aromatic N) is 1. The van der Waals surface area contributed by atoms with Gasteiger partial charge in [-0.25, -0.2) is 0 Å². The van der Waals surface area contributed by atoms with Crippen LogP contribution in [0, 0.1) is 0 Å². The second-order valence-electron chi connectivity index (χ2n) is 3.87. The highest BCUT2D eigenvalue weighted by molar-refractivity contribution is 5.85. The van der Waals surface area contributed by atoms with Gasteiger partial charge in [0.1, 0.15) is 5.75 Å². The third kappa shape index (κ3) is 1.82. The minimum Gasteiger partial charge on any atom is -0.497 e. The van der Waals surface area contributed by atoms with Crippen molar-refractivity contribution < 1.29 is 9.53 Å². The normalized spacial score (nSPS) is 20.8. The van der Waals surface area contributed by atoms with Crippen LogP contribution in [0.25, 0.3) is 0 Å². The number of amides is 1. The molecule has 0 N–H and O–H groups in total. The molecule has 1 amide bonds.